The molecule has 0 aliphatic carbocycles. The second-order valence-corrected chi connectivity index (χ2v) is 4.31. The van der Waals surface area contributed by atoms with Crippen molar-refractivity contribution in [3.05, 3.63) is 40.0 Å². The number of hydrogen-bond acceptors (Lipinski definition) is 5. The summed E-state index contributed by atoms with van der Waals surface area (Å²) in [7, 11) is 1.79. The van der Waals surface area contributed by atoms with Gasteiger partial charge in [-0.15, -0.1) is 0 Å². The first-order valence-corrected chi connectivity index (χ1v) is 5.89. The van der Waals surface area contributed by atoms with Gasteiger partial charge in [0.05, 0.1) is 17.2 Å². The van der Waals surface area contributed by atoms with Crippen molar-refractivity contribution in [1.82, 2.24) is 24.9 Å². The molecule has 0 bridgehead atoms. The Hall–Kier alpha value is -2.71. The Bertz CT molecular complexity index is 644. The summed E-state index contributed by atoms with van der Waals surface area (Å²) in [5.41, 5.74) is 0.929. The summed E-state index contributed by atoms with van der Waals surface area (Å²) in [6, 6.07) is 1.79. The zero-order chi connectivity index (χ0) is 14.7. The number of nitrogens with zero attached hydrogens (tertiary/aromatic N) is 5. The third-order valence-corrected chi connectivity index (χ3v) is 2.66. The van der Waals surface area contributed by atoms with Crippen molar-refractivity contribution in [3.63, 3.8) is 0 Å². The lowest BCUT2D eigenvalue weighted by molar-refractivity contribution is -0.385. The molecule has 2 rings (SSSR count). The van der Waals surface area contributed by atoms with E-state index >= 15 is 0 Å². The fourth-order valence-corrected chi connectivity index (χ4v) is 1.72. The molecule has 0 radical (unpaired) electrons. The highest BCUT2D eigenvalue weighted by Gasteiger charge is 2.16. The quantitative estimate of drug-likeness (QED) is 0.618. The Morgan fingerprint density at radius 1 is 1.50 bits per heavy atom. The van der Waals surface area contributed by atoms with Gasteiger partial charge < -0.3 is 5.32 Å². The maximum Gasteiger partial charge on any atom is 0.309 e. The van der Waals surface area contributed by atoms with Crippen LogP contribution in [0.4, 0.5) is 5.69 Å². The Morgan fingerprint density at radius 3 is 2.80 bits per heavy atom. The molecule has 2 heterocycles. The van der Waals surface area contributed by atoms with Gasteiger partial charge in [-0.1, -0.05) is 0 Å². The minimum absolute atomic E-state index is 0.0679. The van der Waals surface area contributed by atoms with E-state index in [4.69, 9.17) is 0 Å². The molecule has 20 heavy (non-hydrogen) atoms. The van der Waals surface area contributed by atoms with Gasteiger partial charge in [0.1, 0.15) is 18.4 Å². The van der Waals surface area contributed by atoms with Gasteiger partial charge in [0.15, 0.2) is 0 Å². The number of nitrogens with one attached hydrogen (secondary N) is 1. The molecule has 2 aromatic rings. The molecule has 9 nitrogen and oxygen atoms in total. The minimum Gasteiger partial charge on any atom is -0.349 e. The first-order valence-electron chi connectivity index (χ1n) is 5.89. The smallest absolute Gasteiger partial charge is 0.309 e. The van der Waals surface area contributed by atoms with Crippen LogP contribution in [0.5, 0.6) is 0 Å². The molecule has 1 N–H and O–H groups in total. The molecule has 2 aromatic heterocycles. The molecular formula is C11H14N6O3. The maximum absolute atomic E-state index is 11.7. The number of amides is 1. The van der Waals surface area contributed by atoms with Gasteiger partial charge >= 0.3 is 5.69 Å². The van der Waals surface area contributed by atoms with E-state index in [9.17, 15) is 14.9 Å². The van der Waals surface area contributed by atoms with E-state index in [1.807, 2.05) is 0 Å². The second-order valence-electron chi connectivity index (χ2n) is 4.31. The van der Waals surface area contributed by atoms with Crippen LogP contribution < -0.4 is 5.32 Å². The van der Waals surface area contributed by atoms with Crippen LogP contribution in [-0.2, 0) is 24.9 Å². The molecule has 0 fully saturated rings. The van der Waals surface area contributed by atoms with Crippen LogP contribution >= 0.6 is 0 Å². The summed E-state index contributed by atoms with van der Waals surface area (Å²) < 4.78 is 2.89. The number of aryl methyl sites for hydroxylation is 2. The molecule has 0 aromatic carbocycles. The molecule has 9 heteroatoms. The van der Waals surface area contributed by atoms with Crippen LogP contribution in [0.15, 0.2) is 18.5 Å². The molecule has 0 aliphatic heterocycles. The molecule has 0 aliphatic rings. The minimum atomic E-state index is -0.523. The van der Waals surface area contributed by atoms with Gasteiger partial charge in [0.2, 0.25) is 5.91 Å². The van der Waals surface area contributed by atoms with Crippen molar-refractivity contribution in [2.24, 2.45) is 7.05 Å². The highest BCUT2D eigenvalue weighted by atomic mass is 16.6. The topological polar surface area (TPSA) is 108 Å². The first-order chi connectivity index (χ1) is 9.45. The van der Waals surface area contributed by atoms with Crippen LogP contribution in [0.25, 0.3) is 0 Å². The number of hydrogen-bond donors (Lipinski definition) is 1. The van der Waals surface area contributed by atoms with E-state index in [0.717, 1.165) is 5.69 Å². The summed E-state index contributed by atoms with van der Waals surface area (Å²) in [5.74, 6) is -0.284. The molecule has 0 saturated heterocycles. The van der Waals surface area contributed by atoms with E-state index < -0.39 is 4.92 Å². The summed E-state index contributed by atoms with van der Waals surface area (Å²) in [6.07, 6.45) is 3.03. The molecule has 106 valence electrons. The van der Waals surface area contributed by atoms with E-state index in [1.165, 1.54) is 17.8 Å². The molecular weight excluding hydrogens is 264 g/mol. The zero-order valence-electron chi connectivity index (χ0n) is 11.1. The monoisotopic (exact) mass is 278 g/mol. The average molecular weight is 278 g/mol. The third-order valence-electron chi connectivity index (χ3n) is 2.66. The van der Waals surface area contributed by atoms with Crippen molar-refractivity contribution in [2.75, 3.05) is 0 Å². The predicted octanol–water partition coefficient (Wildman–Crippen LogP) is 0.150. The summed E-state index contributed by atoms with van der Waals surface area (Å²) >= 11 is 0. The van der Waals surface area contributed by atoms with Crippen LogP contribution in [0.1, 0.15) is 11.4 Å². The fourth-order valence-electron chi connectivity index (χ4n) is 1.72. The van der Waals surface area contributed by atoms with Gasteiger partial charge in [-0.3, -0.25) is 24.3 Å². The molecule has 0 spiro atoms. The molecule has 0 atom stereocenters. The SMILES string of the molecule is Cc1nn(CC(=O)NCc2ccn(C)n2)cc1[N+](=O)[O-]. The fraction of sp³-hybridized carbons (Fsp3) is 0.364. The highest BCUT2D eigenvalue weighted by molar-refractivity contribution is 5.75. The summed E-state index contributed by atoms with van der Waals surface area (Å²) in [5, 5.41) is 21.4. The van der Waals surface area contributed by atoms with Crippen molar-refractivity contribution < 1.29 is 9.72 Å². The van der Waals surface area contributed by atoms with E-state index in [-0.39, 0.29) is 23.8 Å². The highest BCUT2D eigenvalue weighted by Crippen LogP contribution is 2.14. The zero-order valence-corrected chi connectivity index (χ0v) is 11.1. The summed E-state index contributed by atoms with van der Waals surface area (Å²) in [6.45, 7) is 1.77. The van der Waals surface area contributed by atoms with Crippen molar-refractivity contribution >= 4 is 11.6 Å². The number of rotatable bonds is 5. The van der Waals surface area contributed by atoms with Crippen LogP contribution in [0.3, 0.4) is 0 Å². The van der Waals surface area contributed by atoms with E-state index in [0.29, 0.717) is 6.54 Å². The van der Waals surface area contributed by atoms with Gasteiger partial charge in [0.25, 0.3) is 0 Å². The van der Waals surface area contributed by atoms with Gasteiger partial charge in [-0.2, -0.15) is 10.2 Å². The van der Waals surface area contributed by atoms with Gasteiger partial charge in [-0.25, -0.2) is 0 Å². The Balaban J connectivity index is 1.91. The summed E-state index contributed by atoms with van der Waals surface area (Å²) in [4.78, 5) is 21.9. The second kappa shape index (κ2) is 5.51. The van der Waals surface area contributed by atoms with E-state index in [2.05, 4.69) is 15.5 Å². The maximum atomic E-state index is 11.7. The molecule has 1 amide bonds. The lowest BCUT2D eigenvalue weighted by Crippen LogP contribution is -2.27. The van der Waals surface area contributed by atoms with Crippen LogP contribution in [0.2, 0.25) is 0 Å². The predicted molar refractivity (Wildman–Crippen MR) is 68.7 cm³/mol. The van der Waals surface area contributed by atoms with Gasteiger partial charge in [0, 0.05) is 13.2 Å². The van der Waals surface area contributed by atoms with E-state index in [1.54, 1.807) is 24.0 Å². The van der Waals surface area contributed by atoms with Crippen LogP contribution in [0, 0.1) is 17.0 Å². The number of aromatic nitrogens is 4. The van der Waals surface area contributed by atoms with Gasteiger partial charge in [-0.05, 0) is 13.0 Å². The Morgan fingerprint density at radius 2 is 2.25 bits per heavy atom. The normalized spacial score (nSPS) is 10.5. The number of carbonyl (C=O) groups excluding carboxylic acids is 1. The number of nitro groups is 1. The standard InChI is InChI=1S/C11H14N6O3/c1-8-10(17(19)20)6-16(13-8)7-11(18)12-5-9-3-4-15(2)14-9/h3-4,6H,5,7H2,1-2H3,(H,12,18). The first kappa shape index (κ1) is 13.7. The largest absolute Gasteiger partial charge is 0.349 e. The Labute approximate surface area is 114 Å². The average Bonchev–Trinajstić information content (AvgIpc) is 2.93. The van der Waals surface area contributed by atoms with Crippen molar-refractivity contribution in [3.8, 4) is 0 Å². The lowest BCUT2D eigenvalue weighted by atomic mass is 10.4. The molecule has 0 unspecified atom stereocenters. The third kappa shape index (κ3) is 3.19. The van der Waals surface area contributed by atoms with Crippen LogP contribution in [-0.4, -0.2) is 30.4 Å². The molecule has 0 saturated carbocycles. The van der Waals surface area contributed by atoms with Crippen molar-refractivity contribution in [1.29, 1.82) is 0 Å². The lowest BCUT2D eigenvalue weighted by Gasteiger charge is -2.02. The Kier molecular flexibility index (Phi) is 3.78. The van der Waals surface area contributed by atoms with Crippen molar-refractivity contribution in [2.45, 2.75) is 20.0 Å². The number of carbonyl (C=O) groups is 1.